The van der Waals surface area contributed by atoms with Crippen molar-refractivity contribution in [2.24, 2.45) is 11.3 Å². The van der Waals surface area contributed by atoms with E-state index in [-0.39, 0.29) is 0 Å². The molecule has 3 nitrogen and oxygen atoms in total. The molecule has 3 heterocycles. The van der Waals surface area contributed by atoms with E-state index < -0.39 is 0 Å². The van der Waals surface area contributed by atoms with E-state index in [4.69, 9.17) is 0 Å². The third-order valence-corrected chi connectivity index (χ3v) is 4.30. The summed E-state index contributed by atoms with van der Waals surface area (Å²) >= 11 is 0. The summed E-state index contributed by atoms with van der Waals surface area (Å²) in [7, 11) is 0. The lowest BCUT2D eigenvalue weighted by molar-refractivity contribution is 0.0439. The van der Waals surface area contributed by atoms with Crippen LogP contribution < -0.4 is 10.6 Å². The number of nitrogens with zero attached hydrogens (tertiary/aromatic N) is 1. The Labute approximate surface area is 100.0 Å². The SMILES string of the molecule is C1NCC1CN1CCC2(CC1)CNC2.CC. The van der Waals surface area contributed by atoms with E-state index in [2.05, 4.69) is 15.5 Å². The van der Waals surface area contributed by atoms with Crippen LogP contribution in [-0.2, 0) is 0 Å². The predicted octanol–water partition coefficient (Wildman–Crippen LogP) is 0.917. The molecule has 3 saturated heterocycles. The molecule has 0 aromatic rings. The molecule has 0 aliphatic carbocycles. The van der Waals surface area contributed by atoms with Gasteiger partial charge in [0.2, 0.25) is 0 Å². The minimum Gasteiger partial charge on any atom is -0.316 e. The number of rotatable bonds is 2. The molecule has 3 fully saturated rings. The van der Waals surface area contributed by atoms with Crippen molar-refractivity contribution >= 4 is 0 Å². The number of piperidine rings is 1. The van der Waals surface area contributed by atoms with Gasteiger partial charge in [-0.05, 0) is 37.3 Å². The molecule has 16 heavy (non-hydrogen) atoms. The van der Waals surface area contributed by atoms with Gasteiger partial charge in [0.05, 0.1) is 0 Å². The number of likely N-dealkylation sites (tertiary alicyclic amines) is 1. The highest BCUT2D eigenvalue weighted by Crippen LogP contribution is 2.35. The third kappa shape index (κ3) is 2.58. The summed E-state index contributed by atoms with van der Waals surface area (Å²) in [4.78, 5) is 2.68. The maximum absolute atomic E-state index is 3.42. The Kier molecular flexibility index (Phi) is 4.22. The van der Waals surface area contributed by atoms with Crippen molar-refractivity contribution in [1.29, 1.82) is 0 Å². The summed E-state index contributed by atoms with van der Waals surface area (Å²) in [5.74, 6) is 0.948. The number of nitrogens with one attached hydrogen (secondary N) is 2. The Morgan fingerprint density at radius 3 is 2.06 bits per heavy atom. The summed E-state index contributed by atoms with van der Waals surface area (Å²) in [5.41, 5.74) is 0.717. The predicted molar refractivity (Wildman–Crippen MR) is 68.7 cm³/mol. The normalized spacial score (nSPS) is 28.9. The monoisotopic (exact) mass is 225 g/mol. The first-order valence-electron chi connectivity index (χ1n) is 7.00. The fourth-order valence-electron chi connectivity index (χ4n) is 2.88. The van der Waals surface area contributed by atoms with E-state index in [1.807, 2.05) is 13.8 Å². The second kappa shape index (κ2) is 5.48. The fraction of sp³-hybridized carbons (Fsp3) is 1.00. The van der Waals surface area contributed by atoms with E-state index in [9.17, 15) is 0 Å². The second-order valence-corrected chi connectivity index (χ2v) is 5.43. The van der Waals surface area contributed by atoms with Gasteiger partial charge in [0, 0.05) is 32.7 Å². The Bertz CT molecular complexity index is 199. The van der Waals surface area contributed by atoms with Gasteiger partial charge in [-0.1, -0.05) is 13.8 Å². The standard InChI is InChI=1S/C11H21N3.C2H6/c1-3-14(7-10-5-12-6-10)4-2-11(1)8-13-9-11;1-2/h10,12-13H,1-9H2;1-2H3. The van der Waals surface area contributed by atoms with Crippen LogP contribution >= 0.6 is 0 Å². The zero-order valence-corrected chi connectivity index (χ0v) is 10.9. The van der Waals surface area contributed by atoms with Crippen LogP contribution in [0.25, 0.3) is 0 Å². The lowest BCUT2D eigenvalue weighted by atomic mass is 9.73. The van der Waals surface area contributed by atoms with E-state index in [0.29, 0.717) is 5.41 Å². The zero-order chi connectivity index (χ0) is 11.4. The summed E-state index contributed by atoms with van der Waals surface area (Å²) in [5, 5.41) is 6.77. The van der Waals surface area contributed by atoms with Gasteiger partial charge in [-0.2, -0.15) is 0 Å². The molecule has 0 unspecified atom stereocenters. The quantitative estimate of drug-likeness (QED) is 0.732. The van der Waals surface area contributed by atoms with Crippen LogP contribution in [0.3, 0.4) is 0 Å². The third-order valence-electron chi connectivity index (χ3n) is 4.30. The van der Waals surface area contributed by atoms with Crippen LogP contribution in [0, 0.1) is 11.3 Å². The van der Waals surface area contributed by atoms with Gasteiger partial charge in [-0.15, -0.1) is 0 Å². The number of hydrogen-bond donors (Lipinski definition) is 2. The van der Waals surface area contributed by atoms with Crippen LogP contribution in [0.15, 0.2) is 0 Å². The molecule has 94 valence electrons. The van der Waals surface area contributed by atoms with Crippen molar-refractivity contribution in [3.63, 3.8) is 0 Å². The second-order valence-electron chi connectivity index (χ2n) is 5.43. The summed E-state index contributed by atoms with van der Waals surface area (Å²) in [6.45, 7) is 13.1. The zero-order valence-electron chi connectivity index (χ0n) is 10.9. The Morgan fingerprint density at radius 2 is 1.69 bits per heavy atom. The van der Waals surface area contributed by atoms with Crippen LogP contribution in [0.5, 0.6) is 0 Å². The van der Waals surface area contributed by atoms with Gasteiger partial charge in [0.1, 0.15) is 0 Å². The molecule has 0 atom stereocenters. The highest BCUT2D eigenvalue weighted by molar-refractivity contribution is 4.96. The van der Waals surface area contributed by atoms with Gasteiger partial charge in [-0.3, -0.25) is 0 Å². The van der Waals surface area contributed by atoms with Crippen LogP contribution in [-0.4, -0.2) is 50.7 Å². The van der Waals surface area contributed by atoms with Crippen molar-refractivity contribution in [3.8, 4) is 0 Å². The molecule has 0 aromatic heterocycles. The summed E-state index contributed by atoms with van der Waals surface area (Å²) < 4.78 is 0. The van der Waals surface area contributed by atoms with Crippen molar-refractivity contribution in [2.75, 3.05) is 45.8 Å². The van der Waals surface area contributed by atoms with E-state index in [1.165, 1.54) is 58.7 Å². The van der Waals surface area contributed by atoms with Gasteiger partial charge in [0.25, 0.3) is 0 Å². The minimum atomic E-state index is 0.717. The first-order valence-corrected chi connectivity index (χ1v) is 7.00. The first kappa shape index (κ1) is 12.3. The topological polar surface area (TPSA) is 27.3 Å². The molecular formula is C13H27N3. The molecule has 1 spiro atoms. The molecule has 3 heteroatoms. The lowest BCUT2D eigenvalue weighted by Gasteiger charge is -2.49. The maximum Gasteiger partial charge on any atom is 0.00340 e. The molecule has 3 aliphatic heterocycles. The van der Waals surface area contributed by atoms with Crippen LogP contribution in [0.1, 0.15) is 26.7 Å². The smallest absolute Gasteiger partial charge is 0.00340 e. The van der Waals surface area contributed by atoms with Crippen molar-refractivity contribution < 1.29 is 0 Å². The average molecular weight is 225 g/mol. The summed E-state index contributed by atoms with van der Waals surface area (Å²) in [6, 6.07) is 0. The summed E-state index contributed by atoms with van der Waals surface area (Å²) in [6.07, 6.45) is 2.86. The molecule has 0 aromatic carbocycles. The molecular weight excluding hydrogens is 198 g/mol. The van der Waals surface area contributed by atoms with Gasteiger partial charge in [-0.25, -0.2) is 0 Å². The highest BCUT2D eigenvalue weighted by atomic mass is 15.2. The van der Waals surface area contributed by atoms with E-state index >= 15 is 0 Å². The molecule has 2 N–H and O–H groups in total. The maximum atomic E-state index is 3.42. The molecule has 3 aliphatic rings. The average Bonchev–Trinajstić information content (AvgIpc) is 2.25. The molecule has 3 rings (SSSR count). The van der Waals surface area contributed by atoms with Gasteiger partial charge < -0.3 is 15.5 Å². The van der Waals surface area contributed by atoms with Gasteiger partial charge >= 0.3 is 0 Å². The Balaban J connectivity index is 0.000000457. The molecule has 0 amide bonds. The van der Waals surface area contributed by atoms with Crippen LogP contribution in [0.2, 0.25) is 0 Å². The lowest BCUT2D eigenvalue weighted by Crippen LogP contribution is -2.59. The Morgan fingerprint density at radius 1 is 1.06 bits per heavy atom. The van der Waals surface area contributed by atoms with E-state index in [1.54, 1.807) is 0 Å². The van der Waals surface area contributed by atoms with Crippen LogP contribution in [0.4, 0.5) is 0 Å². The fourth-order valence-corrected chi connectivity index (χ4v) is 2.88. The molecule has 0 saturated carbocycles. The largest absolute Gasteiger partial charge is 0.316 e. The molecule has 0 radical (unpaired) electrons. The minimum absolute atomic E-state index is 0.717. The first-order chi connectivity index (χ1) is 7.86. The van der Waals surface area contributed by atoms with Crippen molar-refractivity contribution in [2.45, 2.75) is 26.7 Å². The van der Waals surface area contributed by atoms with E-state index in [0.717, 1.165) is 5.92 Å². The van der Waals surface area contributed by atoms with Gasteiger partial charge in [0.15, 0.2) is 0 Å². The molecule has 0 bridgehead atoms. The Hall–Kier alpha value is -0.120. The number of hydrogen-bond acceptors (Lipinski definition) is 3. The van der Waals surface area contributed by atoms with Crippen molar-refractivity contribution in [1.82, 2.24) is 15.5 Å². The highest BCUT2D eigenvalue weighted by Gasteiger charge is 2.39. The van der Waals surface area contributed by atoms with Crippen molar-refractivity contribution in [3.05, 3.63) is 0 Å².